The Morgan fingerprint density at radius 1 is 0.691 bits per heavy atom. The van der Waals surface area contributed by atoms with Gasteiger partial charge in [-0.3, -0.25) is 4.79 Å². The number of hydrogen-bond acceptors (Lipinski definition) is 23. The van der Waals surface area contributed by atoms with Gasteiger partial charge in [-0.25, -0.2) is 0 Å². The predicted molar refractivity (Wildman–Crippen MR) is 222 cm³/mol. The molecule has 0 amide bonds. The molecule has 388 valence electrons. The highest BCUT2D eigenvalue weighted by atomic mass is 16.8. The van der Waals surface area contributed by atoms with Gasteiger partial charge >= 0.3 is 5.97 Å². The highest BCUT2D eigenvalue weighted by molar-refractivity contribution is 5.76. The van der Waals surface area contributed by atoms with Crippen LogP contribution in [-0.4, -0.2) is 234 Å². The lowest BCUT2D eigenvalue weighted by Gasteiger charge is -2.60. The maximum Gasteiger partial charge on any atom is 0.312 e. The Kier molecular flexibility index (Phi) is 14.8. The van der Waals surface area contributed by atoms with E-state index in [2.05, 4.69) is 19.9 Å². The van der Waals surface area contributed by atoms with Crippen molar-refractivity contribution in [3.63, 3.8) is 0 Å². The number of carbonyl (C=O) groups excluding carboxylic acids is 1. The third kappa shape index (κ3) is 8.60. The summed E-state index contributed by atoms with van der Waals surface area (Å²) in [7, 11) is 0. The van der Waals surface area contributed by atoms with E-state index in [0.717, 1.165) is 5.57 Å². The summed E-state index contributed by atoms with van der Waals surface area (Å²) in [6.07, 6.45) is -27.0. The second-order valence-corrected chi connectivity index (χ2v) is 21.1. The number of esters is 1. The molecule has 3 saturated carbocycles. The molecular formula is C45H70O23. The lowest BCUT2D eigenvalue weighted by Crippen LogP contribution is -2.67. The van der Waals surface area contributed by atoms with Crippen LogP contribution in [0.3, 0.4) is 0 Å². The summed E-state index contributed by atoms with van der Waals surface area (Å²) in [5.74, 6) is -1.50. The fourth-order valence-electron chi connectivity index (χ4n) is 13.6. The molecule has 0 unspecified atom stereocenters. The van der Waals surface area contributed by atoms with E-state index in [-0.39, 0.29) is 36.7 Å². The lowest BCUT2D eigenvalue weighted by atomic mass is 9.46. The van der Waals surface area contributed by atoms with E-state index < -0.39 is 178 Å². The lowest BCUT2D eigenvalue weighted by molar-refractivity contribution is -0.393. The number of carbonyl (C=O) groups is 1. The number of rotatable bonds is 11. The van der Waals surface area contributed by atoms with Crippen LogP contribution in [0.15, 0.2) is 11.6 Å². The fraction of sp³-hybridized carbons (Fsp3) is 0.933. The van der Waals surface area contributed by atoms with E-state index in [1.54, 1.807) is 0 Å². The maximum absolute atomic E-state index is 13.5. The molecule has 0 bridgehead atoms. The Morgan fingerprint density at radius 2 is 1.34 bits per heavy atom. The van der Waals surface area contributed by atoms with Gasteiger partial charge in [0.1, 0.15) is 91.6 Å². The summed E-state index contributed by atoms with van der Waals surface area (Å²) < 4.78 is 54.5. The van der Waals surface area contributed by atoms with Crippen LogP contribution in [0.25, 0.3) is 0 Å². The minimum Gasteiger partial charge on any atom is -0.462 e. The highest BCUT2D eigenvalue weighted by Gasteiger charge is 2.68. The number of fused-ring (bicyclic) bond motifs is 7. The second kappa shape index (κ2) is 19.7. The van der Waals surface area contributed by atoms with Gasteiger partial charge in [0.05, 0.1) is 50.7 Å². The van der Waals surface area contributed by atoms with Crippen molar-refractivity contribution in [2.45, 2.75) is 194 Å². The van der Waals surface area contributed by atoms with Crippen LogP contribution in [0.4, 0.5) is 0 Å². The normalized spacial score (nSPS) is 55.9. The summed E-state index contributed by atoms with van der Waals surface area (Å²) >= 11 is 0. The zero-order chi connectivity index (χ0) is 48.9. The first kappa shape index (κ1) is 51.3. The minimum absolute atomic E-state index is 0.0227. The maximum atomic E-state index is 13.5. The van der Waals surface area contributed by atoms with Gasteiger partial charge in [-0.1, -0.05) is 25.5 Å². The molecule has 5 aliphatic heterocycles. The summed E-state index contributed by atoms with van der Waals surface area (Å²) in [6.45, 7) is 3.60. The third-order valence-corrected chi connectivity index (χ3v) is 17.5. The van der Waals surface area contributed by atoms with Gasteiger partial charge in [0, 0.05) is 17.8 Å². The van der Waals surface area contributed by atoms with Gasteiger partial charge < -0.3 is 109 Å². The molecule has 8 fully saturated rings. The third-order valence-electron chi connectivity index (χ3n) is 17.5. The van der Waals surface area contributed by atoms with E-state index in [0.29, 0.717) is 32.1 Å². The summed E-state index contributed by atoms with van der Waals surface area (Å²) in [4.78, 5) is 13.5. The van der Waals surface area contributed by atoms with Crippen LogP contribution < -0.4 is 0 Å². The van der Waals surface area contributed by atoms with E-state index in [4.69, 9.17) is 42.6 Å². The Labute approximate surface area is 392 Å². The van der Waals surface area contributed by atoms with Crippen molar-refractivity contribution in [1.82, 2.24) is 0 Å². The van der Waals surface area contributed by atoms with E-state index in [1.165, 1.54) is 6.92 Å². The molecule has 9 aliphatic rings. The Hall–Kier alpha value is -1.63. The average molecular weight is 979 g/mol. The topological polar surface area (TPSA) is 363 Å². The molecule has 13 N–H and O–H groups in total. The van der Waals surface area contributed by atoms with Gasteiger partial charge in [-0.15, -0.1) is 0 Å². The van der Waals surface area contributed by atoms with Crippen molar-refractivity contribution in [3.05, 3.63) is 11.6 Å². The van der Waals surface area contributed by atoms with E-state index >= 15 is 0 Å². The zero-order valence-electron chi connectivity index (χ0n) is 38.1. The number of allylic oxidation sites excluding steroid dienone is 1. The summed E-state index contributed by atoms with van der Waals surface area (Å²) in [5, 5.41) is 138. The first-order chi connectivity index (χ1) is 32.2. The van der Waals surface area contributed by atoms with E-state index in [9.17, 15) is 71.2 Å². The smallest absolute Gasteiger partial charge is 0.312 e. The number of aliphatic hydroxyl groups excluding tert-OH is 13. The van der Waals surface area contributed by atoms with Crippen molar-refractivity contribution in [3.8, 4) is 0 Å². The molecule has 0 spiro atoms. The average Bonchev–Trinajstić information content (AvgIpc) is 3.79. The molecule has 0 radical (unpaired) electrons. The fourth-order valence-corrected chi connectivity index (χ4v) is 13.6. The van der Waals surface area contributed by atoms with Gasteiger partial charge in [0.2, 0.25) is 0 Å². The van der Waals surface area contributed by atoms with Crippen LogP contribution in [0.5, 0.6) is 0 Å². The van der Waals surface area contributed by atoms with Gasteiger partial charge in [-0.05, 0) is 62.2 Å². The van der Waals surface area contributed by atoms with Crippen molar-refractivity contribution < 1.29 is 114 Å². The van der Waals surface area contributed by atoms with Crippen LogP contribution in [-0.2, 0) is 47.4 Å². The van der Waals surface area contributed by atoms with Crippen LogP contribution >= 0.6 is 0 Å². The molecule has 4 aliphatic carbocycles. The number of aliphatic hydroxyl groups is 13. The zero-order valence-corrected chi connectivity index (χ0v) is 38.1. The minimum atomic E-state index is -1.84. The molecule has 5 saturated heterocycles. The molecule has 0 aromatic carbocycles. The van der Waals surface area contributed by atoms with Crippen molar-refractivity contribution in [1.29, 1.82) is 0 Å². The highest BCUT2D eigenvalue weighted by Crippen LogP contribution is 2.69. The molecule has 5 heterocycles. The quantitative estimate of drug-likeness (QED) is 0.0681. The molecular weight excluding hydrogens is 908 g/mol. The Morgan fingerprint density at radius 3 is 2.06 bits per heavy atom. The van der Waals surface area contributed by atoms with Gasteiger partial charge in [0.25, 0.3) is 0 Å². The Bertz CT molecular complexity index is 1810. The first-order valence-electron chi connectivity index (χ1n) is 24.0. The summed E-state index contributed by atoms with van der Waals surface area (Å²) in [5.41, 5.74) is -0.263. The molecule has 23 heteroatoms. The standard InChI is InChI=1S/C45H70O23/c1-15-28(50)32(54)36(58)42(62-15)68-38-37(67-41-34(56)29(51)22(49)14-61-41)31(53)25(12-47)65-43(38)66-26-9-17(48)8-16-4-5-18-20(45(16,26)3)6-7-44(2)21(18)10-23-27(44)19(39(59)63-23)13-60-40-35(57)33(55)30(52)24(11-46)64-40/h4,15,17-38,40-43,46-58H,5-14H2,1-3H3/t15-,17+,18+,19-,20-,21-,22+,23-,24+,25+,26+,27-,28-,29-,30-,31+,32+,33-,34+,35+,36+,37-,38+,40+,41-,42-,43-,44-,45-/m0/s1. The molecule has 23 nitrogen and oxygen atoms in total. The van der Waals surface area contributed by atoms with Crippen molar-refractivity contribution in [2.24, 2.45) is 40.4 Å². The molecule has 29 atom stereocenters. The summed E-state index contributed by atoms with van der Waals surface area (Å²) in [6, 6.07) is 0. The molecule has 0 aromatic heterocycles. The predicted octanol–water partition coefficient (Wildman–Crippen LogP) is -5.00. The van der Waals surface area contributed by atoms with Crippen LogP contribution in [0.1, 0.15) is 59.3 Å². The van der Waals surface area contributed by atoms with Crippen LogP contribution in [0, 0.1) is 40.4 Å². The Balaban J connectivity index is 0.984. The largest absolute Gasteiger partial charge is 0.462 e. The van der Waals surface area contributed by atoms with Crippen molar-refractivity contribution in [2.75, 3.05) is 26.4 Å². The van der Waals surface area contributed by atoms with Crippen molar-refractivity contribution >= 4 is 5.97 Å². The first-order valence-corrected chi connectivity index (χ1v) is 24.0. The van der Waals surface area contributed by atoms with E-state index in [1.807, 2.05) is 0 Å². The monoisotopic (exact) mass is 978 g/mol. The molecule has 68 heavy (non-hydrogen) atoms. The molecule has 0 aromatic rings. The van der Waals surface area contributed by atoms with Gasteiger partial charge in [0.15, 0.2) is 25.2 Å². The van der Waals surface area contributed by atoms with Crippen LogP contribution in [0.2, 0.25) is 0 Å². The SMILES string of the molecule is C[C@@H]1O[C@@H](O[C@H]2[C@H](O[C@@H]3C[C@H](O)CC4=CC[C@H]5[C@@H]6C[C@@H]7OC(=O)[C@@H](CO[C@@H]8O[C@H](CO)[C@H](O)[C@H](O)[C@H]8O)[C@@H]7[C@@]6(C)CC[C@@H]5[C@]43C)O[C@H](CO)[C@@H](O)[C@@H]2O[C@@H]2OC[C@@H](O)[C@H](O)[C@H]2O)[C@H](O)[C@H](O)[C@H]1O. The molecule has 9 rings (SSSR count). The number of ether oxygens (including phenoxy) is 9. The number of hydrogen-bond donors (Lipinski definition) is 13. The second-order valence-electron chi connectivity index (χ2n) is 21.1. The van der Waals surface area contributed by atoms with Gasteiger partial charge in [-0.2, -0.15) is 0 Å².